The smallest absolute Gasteiger partial charge is 0.247 e. The molecule has 0 saturated heterocycles. The van der Waals surface area contributed by atoms with Crippen LogP contribution >= 0.6 is 0 Å². The third kappa shape index (κ3) is 2.89. The van der Waals surface area contributed by atoms with Gasteiger partial charge in [-0.1, -0.05) is 5.16 Å². The summed E-state index contributed by atoms with van der Waals surface area (Å²) in [6.07, 6.45) is 3.52. The van der Waals surface area contributed by atoms with Crippen LogP contribution in [-0.4, -0.2) is 25.3 Å². The van der Waals surface area contributed by atoms with E-state index < -0.39 is 0 Å². The fraction of sp³-hybridized carbons (Fsp3) is 0.0625. The van der Waals surface area contributed by atoms with E-state index in [0.717, 1.165) is 5.56 Å². The van der Waals surface area contributed by atoms with Crippen LogP contribution in [0, 0.1) is 5.82 Å². The molecule has 0 aliphatic heterocycles. The third-order valence-corrected chi connectivity index (χ3v) is 3.25. The zero-order valence-electron chi connectivity index (χ0n) is 12.3. The van der Waals surface area contributed by atoms with Gasteiger partial charge in [0, 0.05) is 23.5 Å². The lowest BCUT2D eigenvalue weighted by Crippen LogP contribution is -1.89. The minimum absolute atomic E-state index is 0.210. The van der Waals surface area contributed by atoms with Crippen molar-refractivity contribution in [2.24, 2.45) is 0 Å². The number of hydrogen-bond donors (Lipinski definition) is 0. The van der Waals surface area contributed by atoms with Gasteiger partial charge < -0.3 is 8.94 Å². The normalized spacial score (nSPS) is 10.9. The van der Waals surface area contributed by atoms with Crippen molar-refractivity contribution < 1.29 is 13.3 Å². The molecule has 4 rings (SSSR count). The molecule has 7 nitrogen and oxygen atoms in total. The van der Waals surface area contributed by atoms with Gasteiger partial charge >= 0.3 is 0 Å². The molecule has 0 aliphatic rings. The number of rotatable bonds is 4. The SMILES string of the molecule is Fc1ccc(-c2nnc(Cc3nc(-c4cccnc4)no3)o2)cc1. The van der Waals surface area contributed by atoms with E-state index in [1.165, 1.54) is 12.1 Å². The molecule has 0 N–H and O–H groups in total. The van der Waals surface area contributed by atoms with Crippen LogP contribution in [0.5, 0.6) is 0 Å². The average Bonchev–Trinajstić information content (AvgIpc) is 3.27. The summed E-state index contributed by atoms with van der Waals surface area (Å²) in [5.41, 5.74) is 1.39. The van der Waals surface area contributed by atoms with Crippen molar-refractivity contribution in [1.29, 1.82) is 0 Å². The lowest BCUT2D eigenvalue weighted by Gasteiger charge is -1.93. The van der Waals surface area contributed by atoms with Gasteiger partial charge in [-0.25, -0.2) is 4.39 Å². The monoisotopic (exact) mass is 323 g/mol. The van der Waals surface area contributed by atoms with Gasteiger partial charge in [0.2, 0.25) is 23.5 Å². The molecule has 4 aromatic rings. The molecule has 0 bridgehead atoms. The Morgan fingerprint density at radius 2 is 1.83 bits per heavy atom. The largest absolute Gasteiger partial charge is 0.420 e. The molecule has 118 valence electrons. The highest BCUT2D eigenvalue weighted by Gasteiger charge is 2.14. The highest BCUT2D eigenvalue weighted by atomic mass is 19.1. The first-order chi connectivity index (χ1) is 11.8. The Hall–Kier alpha value is -3.42. The predicted molar refractivity (Wildman–Crippen MR) is 80.0 cm³/mol. The van der Waals surface area contributed by atoms with Crippen LogP contribution in [0.4, 0.5) is 4.39 Å². The molecular formula is C16H10FN5O2. The minimum atomic E-state index is -0.327. The highest BCUT2D eigenvalue weighted by molar-refractivity contribution is 5.52. The zero-order chi connectivity index (χ0) is 16.4. The van der Waals surface area contributed by atoms with E-state index in [1.807, 2.05) is 6.07 Å². The Kier molecular flexibility index (Phi) is 3.54. The maximum Gasteiger partial charge on any atom is 0.247 e. The summed E-state index contributed by atoms with van der Waals surface area (Å²) in [6, 6.07) is 9.42. The molecule has 1 aromatic carbocycles. The fourth-order valence-corrected chi connectivity index (χ4v) is 2.10. The van der Waals surface area contributed by atoms with Gasteiger partial charge in [-0.3, -0.25) is 4.98 Å². The molecule has 0 spiro atoms. The fourth-order valence-electron chi connectivity index (χ4n) is 2.10. The molecule has 0 amide bonds. The first-order valence-corrected chi connectivity index (χ1v) is 7.09. The van der Waals surface area contributed by atoms with Crippen molar-refractivity contribution in [3.8, 4) is 22.8 Å². The highest BCUT2D eigenvalue weighted by Crippen LogP contribution is 2.20. The number of hydrogen-bond acceptors (Lipinski definition) is 7. The second-order valence-corrected chi connectivity index (χ2v) is 4.94. The minimum Gasteiger partial charge on any atom is -0.420 e. The van der Waals surface area contributed by atoms with Crippen molar-refractivity contribution in [2.75, 3.05) is 0 Å². The first-order valence-electron chi connectivity index (χ1n) is 7.09. The van der Waals surface area contributed by atoms with Crippen LogP contribution in [-0.2, 0) is 6.42 Å². The Bertz CT molecular complexity index is 950. The van der Waals surface area contributed by atoms with Gasteiger partial charge in [-0.2, -0.15) is 4.98 Å². The molecule has 0 radical (unpaired) electrons. The van der Waals surface area contributed by atoms with Gasteiger partial charge in [0.1, 0.15) is 12.2 Å². The summed E-state index contributed by atoms with van der Waals surface area (Å²) in [7, 11) is 0. The number of aromatic nitrogens is 5. The summed E-state index contributed by atoms with van der Waals surface area (Å²) < 4.78 is 23.7. The summed E-state index contributed by atoms with van der Waals surface area (Å²) in [5.74, 6) is 1.10. The van der Waals surface area contributed by atoms with E-state index in [0.29, 0.717) is 29.1 Å². The van der Waals surface area contributed by atoms with Crippen LogP contribution in [0.1, 0.15) is 11.8 Å². The van der Waals surface area contributed by atoms with E-state index in [1.54, 1.807) is 30.6 Å². The summed E-state index contributed by atoms with van der Waals surface area (Å²) >= 11 is 0. The van der Waals surface area contributed by atoms with E-state index >= 15 is 0 Å². The number of halogens is 1. The Balaban J connectivity index is 1.52. The topological polar surface area (TPSA) is 90.7 Å². The average molecular weight is 323 g/mol. The summed E-state index contributed by atoms with van der Waals surface area (Å²) in [5, 5.41) is 11.8. The molecule has 3 aromatic heterocycles. The van der Waals surface area contributed by atoms with Crippen molar-refractivity contribution in [2.45, 2.75) is 6.42 Å². The first kappa shape index (κ1) is 14.2. The number of benzene rings is 1. The van der Waals surface area contributed by atoms with Crippen molar-refractivity contribution in [3.05, 3.63) is 66.4 Å². The number of pyridine rings is 1. The summed E-state index contributed by atoms with van der Waals surface area (Å²) in [4.78, 5) is 8.28. The molecule has 24 heavy (non-hydrogen) atoms. The Labute approximate surface area is 135 Å². The van der Waals surface area contributed by atoms with E-state index in [2.05, 4.69) is 25.3 Å². The Morgan fingerprint density at radius 3 is 2.62 bits per heavy atom. The van der Waals surface area contributed by atoms with Crippen LogP contribution in [0.3, 0.4) is 0 Å². The molecule has 3 heterocycles. The number of nitrogens with zero attached hydrogens (tertiary/aromatic N) is 5. The second kappa shape index (κ2) is 5.99. The molecule has 0 saturated carbocycles. The quantitative estimate of drug-likeness (QED) is 0.570. The van der Waals surface area contributed by atoms with Crippen molar-refractivity contribution in [3.63, 3.8) is 0 Å². The second-order valence-electron chi connectivity index (χ2n) is 4.94. The molecule has 0 aliphatic carbocycles. The third-order valence-electron chi connectivity index (χ3n) is 3.25. The van der Waals surface area contributed by atoms with Crippen LogP contribution in [0.15, 0.2) is 57.7 Å². The standard InChI is InChI=1S/C16H10FN5O2/c17-12-5-3-10(4-6-12)16-21-20-14(23-16)8-13-19-15(22-24-13)11-2-1-7-18-9-11/h1-7,9H,8H2. The molecule has 0 unspecified atom stereocenters. The zero-order valence-corrected chi connectivity index (χ0v) is 12.3. The molecule has 0 fully saturated rings. The van der Waals surface area contributed by atoms with Crippen LogP contribution in [0.2, 0.25) is 0 Å². The van der Waals surface area contributed by atoms with E-state index in [9.17, 15) is 4.39 Å². The predicted octanol–water partition coefficient (Wildman–Crippen LogP) is 2.91. The van der Waals surface area contributed by atoms with Crippen molar-refractivity contribution in [1.82, 2.24) is 25.3 Å². The van der Waals surface area contributed by atoms with Gasteiger partial charge in [0.15, 0.2) is 0 Å². The molecule has 0 atom stereocenters. The van der Waals surface area contributed by atoms with E-state index in [4.69, 9.17) is 8.94 Å². The summed E-state index contributed by atoms with van der Waals surface area (Å²) in [6.45, 7) is 0. The molecule has 8 heteroatoms. The molecular weight excluding hydrogens is 313 g/mol. The van der Waals surface area contributed by atoms with Crippen molar-refractivity contribution >= 4 is 0 Å². The Morgan fingerprint density at radius 1 is 0.958 bits per heavy atom. The van der Waals surface area contributed by atoms with Gasteiger partial charge in [0.25, 0.3) is 0 Å². The lowest BCUT2D eigenvalue weighted by molar-refractivity contribution is 0.374. The van der Waals surface area contributed by atoms with E-state index in [-0.39, 0.29) is 12.2 Å². The van der Waals surface area contributed by atoms with Gasteiger partial charge in [-0.05, 0) is 36.4 Å². The lowest BCUT2D eigenvalue weighted by atomic mass is 10.2. The van der Waals surface area contributed by atoms with Gasteiger partial charge in [0.05, 0.1) is 0 Å². The maximum absolute atomic E-state index is 12.9. The van der Waals surface area contributed by atoms with Crippen LogP contribution < -0.4 is 0 Å². The van der Waals surface area contributed by atoms with Crippen LogP contribution in [0.25, 0.3) is 22.8 Å². The van der Waals surface area contributed by atoms with Gasteiger partial charge in [-0.15, -0.1) is 10.2 Å². The maximum atomic E-state index is 12.9.